The zero-order valence-corrected chi connectivity index (χ0v) is 6.13. The van der Waals surface area contributed by atoms with E-state index in [1.54, 1.807) is 11.1 Å². The average molecular weight is 193 g/mol. The van der Waals surface area contributed by atoms with Crippen molar-refractivity contribution in [3.8, 4) is 0 Å². The number of ether oxygens (including phenoxy) is 2. The molecule has 1 aliphatic heterocycles. The van der Waals surface area contributed by atoms with E-state index >= 15 is 0 Å². The Labute approximate surface area is 60.8 Å². The fraction of sp³-hybridized carbons (Fsp3) is 0.400. The molecule has 50 valence electrons. The van der Waals surface area contributed by atoms with E-state index in [1.165, 1.54) is 0 Å². The zero-order chi connectivity index (χ0) is 6.69. The van der Waals surface area contributed by atoms with Crippen LogP contribution in [0.1, 0.15) is 0 Å². The van der Waals surface area contributed by atoms with Gasteiger partial charge in [-0.2, -0.15) is 0 Å². The van der Waals surface area contributed by atoms with Crippen LogP contribution in [0.4, 0.5) is 4.79 Å². The third-order valence-corrected chi connectivity index (χ3v) is 1.21. The van der Waals surface area contributed by atoms with Crippen molar-refractivity contribution in [2.24, 2.45) is 0 Å². The molecule has 0 spiro atoms. The van der Waals surface area contributed by atoms with E-state index in [-0.39, 0.29) is 6.10 Å². The van der Waals surface area contributed by atoms with Crippen molar-refractivity contribution in [1.29, 1.82) is 0 Å². The van der Waals surface area contributed by atoms with Gasteiger partial charge in [0.25, 0.3) is 0 Å². The van der Waals surface area contributed by atoms with Crippen molar-refractivity contribution in [2.45, 2.75) is 6.10 Å². The Kier molecular flexibility index (Phi) is 2.10. The van der Waals surface area contributed by atoms with E-state index in [9.17, 15) is 4.79 Å². The quantitative estimate of drug-likeness (QED) is 0.591. The van der Waals surface area contributed by atoms with Crippen LogP contribution in [0.5, 0.6) is 0 Å². The van der Waals surface area contributed by atoms with Gasteiger partial charge in [-0.05, 0) is 11.1 Å². The molecule has 0 bridgehead atoms. The molecule has 0 aromatic heterocycles. The van der Waals surface area contributed by atoms with E-state index < -0.39 is 6.16 Å². The summed E-state index contributed by atoms with van der Waals surface area (Å²) >= 11 is 3.05. The molecule has 1 fully saturated rings. The molecule has 0 aromatic rings. The Morgan fingerprint density at radius 1 is 1.78 bits per heavy atom. The zero-order valence-electron chi connectivity index (χ0n) is 4.54. The second kappa shape index (κ2) is 2.87. The second-order valence-electron chi connectivity index (χ2n) is 1.54. The van der Waals surface area contributed by atoms with Crippen LogP contribution in [0.2, 0.25) is 0 Å². The Morgan fingerprint density at radius 3 is 3.00 bits per heavy atom. The van der Waals surface area contributed by atoms with Gasteiger partial charge in [-0.3, -0.25) is 0 Å². The van der Waals surface area contributed by atoms with Gasteiger partial charge in [0.15, 0.2) is 6.10 Å². The topological polar surface area (TPSA) is 35.5 Å². The highest BCUT2D eigenvalue weighted by atomic mass is 79.9. The number of hydrogen-bond donors (Lipinski definition) is 0. The maximum absolute atomic E-state index is 10.2. The van der Waals surface area contributed by atoms with E-state index in [1.807, 2.05) is 0 Å². The monoisotopic (exact) mass is 192 g/mol. The van der Waals surface area contributed by atoms with Gasteiger partial charge in [0, 0.05) is 0 Å². The van der Waals surface area contributed by atoms with Crippen LogP contribution in [0.25, 0.3) is 0 Å². The summed E-state index contributed by atoms with van der Waals surface area (Å²) in [6.45, 7) is 0.320. The molecule has 0 aromatic carbocycles. The number of rotatable bonds is 1. The van der Waals surface area contributed by atoms with Gasteiger partial charge in [-0.1, -0.05) is 15.9 Å². The summed E-state index contributed by atoms with van der Waals surface area (Å²) in [4.78, 5) is 11.9. The van der Waals surface area contributed by atoms with Crippen LogP contribution in [0.15, 0.2) is 11.1 Å². The van der Waals surface area contributed by atoms with Crippen LogP contribution >= 0.6 is 15.9 Å². The number of carbonyl (C=O) groups excluding carboxylic acids is 1. The summed E-state index contributed by atoms with van der Waals surface area (Å²) in [5.41, 5.74) is 0. The lowest BCUT2D eigenvalue weighted by Crippen LogP contribution is -2.03. The highest BCUT2D eigenvalue weighted by Gasteiger charge is 2.21. The third-order valence-electron chi connectivity index (χ3n) is 0.900. The first-order chi connectivity index (χ1) is 4.33. The minimum absolute atomic E-state index is 0.211. The van der Waals surface area contributed by atoms with Crippen LogP contribution in [-0.2, 0) is 9.47 Å². The Hall–Kier alpha value is -0.510. The molecule has 1 saturated heterocycles. The third kappa shape index (κ3) is 1.71. The lowest BCUT2D eigenvalue weighted by Gasteiger charge is -1.93. The summed E-state index contributed by atoms with van der Waals surface area (Å²) in [5.74, 6) is 0. The largest absolute Gasteiger partial charge is 0.509 e. The average Bonchev–Trinajstić information content (AvgIpc) is 2.17. The van der Waals surface area contributed by atoms with Crippen molar-refractivity contribution in [3.05, 3.63) is 11.1 Å². The number of carbonyl (C=O) groups is 1. The lowest BCUT2D eigenvalue weighted by molar-refractivity contribution is 0.125. The second-order valence-corrected chi connectivity index (χ2v) is 2.06. The summed E-state index contributed by atoms with van der Waals surface area (Å²) in [6.07, 6.45) is 0.896. The van der Waals surface area contributed by atoms with Gasteiger partial charge in [-0.25, -0.2) is 4.79 Å². The predicted molar refractivity (Wildman–Crippen MR) is 34.3 cm³/mol. The van der Waals surface area contributed by atoms with Gasteiger partial charge < -0.3 is 9.47 Å². The van der Waals surface area contributed by atoms with Gasteiger partial charge in [0.05, 0.1) is 0 Å². The molecule has 1 rings (SSSR count). The smallest absolute Gasteiger partial charge is 0.430 e. The predicted octanol–water partition coefficient (Wildman–Crippen LogP) is 1.43. The van der Waals surface area contributed by atoms with E-state index in [0.29, 0.717) is 6.61 Å². The Morgan fingerprint density at radius 2 is 2.56 bits per heavy atom. The maximum Gasteiger partial charge on any atom is 0.509 e. The molecule has 1 heterocycles. The molecule has 3 nitrogen and oxygen atoms in total. The number of hydrogen-bond acceptors (Lipinski definition) is 3. The van der Waals surface area contributed by atoms with E-state index in [2.05, 4.69) is 25.4 Å². The molecule has 0 aliphatic carbocycles. The van der Waals surface area contributed by atoms with Gasteiger partial charge in [0.2, 0.25) is 0 Å². The summed E-state index contributed by atoms with van der Waals surface area (Å²) in [7, 11) is 0. The van der Waals surface area contributed by atoms with Gasteiger partial charge in [0.1, 0.15) is 6.61 Å². The van der Waals surface area contributed by atoms with Crippen LogP contribution in [0.3, 0.4) is 0 Å². The summed E-state index contributed by atoms with van der Waals surface area (Å²) < 4.78 is 9.11. The summed E-state index contributed by atoms with van der Waals surface area (Å²) in [6, 6.07) is 0. The van der Waals surface area contributed by atoms with Crippen molar-refractivity contribution in [1.82, 2.24) is 0 Å². The number of cyclic esters (lactones) is 2. The standard InChI is InChI=1S/C5H5BrO3/c6-2-1-4-3-8-5(7)9-4/h1-2,4H,3H2. The molecule has 0 N–H and O–H groups in total. The highest BCUT2D eigenvalue weighted by Crippen LogP contribution is 2.07. The van der Waals surface area contributed by atoms with Crippen molar-refractivity contribution in [3.63, 3.8) is 0 Å². The number of halogens is 1. The van der Waals surface area contributed by atoms with Gasteiger partial charge in [-0.15, -0.1) is 0 Å². The first kappa shape index (κ1) is 6.61. The SMILES string of the molecule is O=C1OCC(C=CBr)O1. The molecule has 1 atom stereocenters. The molecule has 0 radical (unpaired) electrons. The van der Waals surface area contributed by atoms with Crippen molar-refractivity contribution in [2.75, 3.05) is 6.61 Å². The fourth-order valence-electron chi connectivity index (χ4n) is 0.518. The Bertz CT molecular complexity index is 143. The van der Waals surface area contributed by atoms with Crippen molar-refractivity contribution >= 4 is 22.1 Å². The minimum atomic E-state index is -0.592. The lowest BCUT2D eigenvalue weighted by atomic mass is 10.4. The molecular formula is C5H5BrO3. The van der Waals surface area contributed by atoms with E-state index in [4.69, 9.17) is 0 Å². The molecule has 0 amide bonds. The first-order valence-corrected chi connectivity index (χ1v) is 3.35. The molecule has 4 heteroatoms. The molecule has 9 heavy (non-hydrogen) atoms. The summed E-state index contributed by atoms with van der Waals surface area (Å²) in [5, 5.41) is 0. The highest BCUT2D eigenvalue weighted by molar-refractivity contribution is 9.11. The molecule has 1 aliphatic rings. The van der Waals surface area contributed by atoms with Crippen LogP contribution in [0, 0.1) is 0 Å². The van der Waals surface area contributed by atoms with Crippen molar-refractivity contribution < 1.29 is 14.3 Å². The molecule has 0 saturated carbocycles. The van der Waals surface area contributed by atoms with Crippen LogP contribution < -0.4 is 0 Å². The first-order valence-electron chi connectivity index (χ1n) is 2.43. The Balaban J connectivity index is 2.39. The van der Waals surface area contributed by atoms with E-state index in [0.717, 1.165) is 0 Å². The molecule has 1 unspecified atom stereocenters. The minimum Gasteiger partial charge on any atom is -0.430 e. The van der Waals surface area contributed by atoms with Gasteiger partial charge >= 0.3 is 6.16 Å². The normalized spacial score (nSPS) is 26.3. The van der Waals surface area contributed by atoms with Crippen LogP contribution in [-0.4, -0.2) is 18.9 Å². The molecular weight excluding hydrogens is 188 g/mol. The fourth-order valence-corrected chi connectivity index (χ4v) is 0.858. The maximum atomic E-state index is 10.2.